The van der Waals surface area contributed by atoms with Gasteiger partial charge in [0.25, 0.3) is 5.69 Å². The number of carboxylic acid groups (broad SMARTS) is 1. The molecule has 1 aromatic rings. The normalized spacial score (nSPS) is 16.6. The standard InChI is InChI=1S/C13H16N2O5/c1-20-9-4-5-10(11(8-9)15(18)19)14-13(12(16)17)6-2-3-7-13/h4-5,8,14H,2-3,6-7H2,1H3,(H,16,17). The van der Waals surface area contributed by atoms with E-state index >= 15 is 0 Å². The van der Waals surface area contributed by atoms with Crippen LogP contribution in [-0.2, 0) is 4.79 Å². The third kappa shape index (κ3) is 2.52. The minimum Gasteiger partial charge on any atom is -0.496 e. The van der Waals surface area contributed by atoms with Gasteiger partial charge in [0.2, 0.25) is 0 Å². The summed E-state index contributed by atoms with van der Waals surface area (Å²) in [6, 6.07) is 4.34. The van der Waals surface area contributed by atoms with Gasteiger partial charge in [-0.1, -0.05) is 12.8 Å². The first-order valence-corrected chi connectivity index (χ1v) is 6.32. The SMILES string of the molecule is COc1ccc(NC2(C(=O)O)CCCC2)c([N+](=O)[O-])c1. The van der Waals surface area contributed by atoms with Gasteiger partial charge in [-0.05, 0) is 25.0 Å². The van der Waals surface area contributed by atoms with Gasteiger partial charge >= 0.3 is 5.97 Å². The predicted molar refractivity (Wildman–Crippen MR) is 72.1 cm³/mol. The number of hydrogen-bond donors (Lipinski definition) is 2. The third-order valence-electron chi connectivity index (χ3n) is 3.64. The number of carboxylic acids is 1. The van der Waals surface area contributed by atoms with Crippen LogP contribution in [0, 0.1) is 10.1 Å². The molecule has 1 aliphatic rings. The van der Waals surface area contributed by atoms with Crippen molar-refractivity contribution in [2.45, 2.75) is 31.2 Å². The third-order valence-corrected chi connectivity index (χ3v) is 3.64. The molecule has 1 aliphatic carbocycles. The van der Waals surface area contributed by atoms with Crippen molar-refractivity contribution in [3.8, 4) is 5.75 Å². The number of aliphatic carboxylic acids is 1. The van der Waals surface area contributed by atoms with Gasteiger partial charge in [0, 0.05) is 0 Å². The number of nitrogens with one attached hydrogen (secondary N) is 1. The number of anilines is 1. The van der Waals surface area contributed by atoms with E-state index < -0.39 is 16.4 Å². The zero-order chi connectivity index (χ0) is 14.8. The van der Waals surface area contributed by atoms with E-state index in [2.05, 4.69) is 5.32 Å². The summed E-state index contributed by atoms with van der Waals surface area (Å²) in [4.78, 5) is 22.0. The molecule has 0 bridgehead atoms. The van der Waals surface area contributed by atoms with E-state index in [1.54, 1.807) is 6.07 Å². The zero-order valence-corrected chi connectivity index (χ0v) is 11.1. The van der Waals surface area contributed by atoms with Gasteiger partial charge in [-0.3, -0.25) is 10.1 Å². The number of rotatable bonds is 5. The highest BCUT2D eigenvalue weighted by Gasteiger charge is 2.42. The average molecular weight is 280 g/mol. The summed E-state index contributed by atoms with van der Waals surface area (Å²) < 4.78 is 4.95. The number of ether oxygens (including phenoxy) is 1. The second-order valence-corrected chi connectivity index (χ2v) is 4.86. The minimum absolute atomic E-state index is 0.183. The number of nitro groups is 1. The van der Waals surface area contributed by atoms with Gasteiger partial charge in [0.1, 0.15) is 17.0 Å². The Morgan fingerprint density at radius 3 is 2.60 bits per heavy atom. The number of nitrogens with zero attached hydrogens (tertiary/aromatic N) is 1. The van der Waals surface area contributed by atoms with E-state index in [4.69, 9.17) is 4.74 Å². The van der Waals surface area contributed by atoms with E-state index in [0.29, 0.717) is 18.6 Å². The molecule has 0 aliphatic heterocycles. The molecular formula is C13H16N2O5. The van der Waals surface area contributed by atoms with Gasteiger partial charge in [0.05, 0.1) is 18.1 Å². The quantitative estimate of drug-likeness (QED) is 0.634. The highest BCUT2D eigenvalue weighted by atomic mass is 16.6. The Kier molecular flexibility index (Phi) is 3.78. The maximum atomic E-state index is 11.5. The highest BCUT2D eigenvalue weighted by Crippen LogP contribution is 2.37. The maximum absolute atomic E-state index is 11.5. The van der Waals surface area contributed by atoms with Crippen molar-refractivity contribution in [3.05, 3.63) is 28.3 Å². The monoisotopic (exact) mass is 280 g/mol. The summed E-state index contributed by atoms with van der Waals surface area (Å²) in [5, 5.41) is 23.4. The molecule has 2 N–H and O–H groups in total. The van der Waals surface area contributed by atoms with Gasteiger partial charge < -0.3 is 15.2 Å². The van der Waals surface area contributed by atoms with Crippen LogP contribution in [0.25, 0.3) is 0 Å². The molecule has 0 spiro atoms. The molecule has 7 nitrogen and oxygen atoms in total. The Morgan fingerprint density at radius 1 is 1.45 bits per heavy atom. The summed E-state index contributed by atoms with van der Waals surface area (Å²) in [7, 11) is 1.42. The van der Waals surface area contributed by atoms with Crippen molar-refractivity contribution >= 4 is 17.3 Å². The van der Waals surface area contributed by atoms with Crippen LogP contribution in [0.3, 0.4) is 0 Å². The van der Waals surface area contributed by atoms with Gasteiger partial charge in [-0.15, -0.1) is 0 Å². The van der Waals surface area contributed by atoms with Gasteiger partial charge in [-0.2, -0.15) is 0 Å². The first kappa shape index (κ1) is 14.1. The smallest absolute Gasteiger partial charge is 0.329 e. The fourth-order valence-electron chi connectivity index (χ4n) is 2.52. The van der Waals surface area contributed by atoms with Crippen LogP contribution in [0.15, 0.2) is 18.2 Å². The second-order valence-electron chi connectivity index (χ2n) is 4.86. The lowest BCUT2D eigenvalue weighted by molar-refractivity contribution is -0.384. The molecule has 2 rings (SSSR count). The average Bonchev–Trinajstić information content (AvgIpc) is 2.89. The molecule has 0 atom stereocenters. The Hall–Kier alpha value is -2.31. The van der Waals surface area contributed by atoms with Crippen LogP contribution in [0.2, 0.25) is 0 Å². The molecule has 0 aromatic heterocycles. The summed E-state index contributed by atoms with van der Waals surface area (Å²) in [5.74, 6) is -0.613. The summed E-state index contributed by atoms with van der Waals surface area (Å²) >= 11 is 0. The van der Waals surface area contributed by atoms with E-state index in [1.807, 2.05) is 0 Å². The summed E-state index contributed by atoms with van der Waals surface area (Å²) in [6.07, 6.45) is 2.52. The summed E-state index contributed by atoms with van der Waals surface area (Å²) in [5.41, 5.74) is -1.09. The number of carbonyl (C=O) groups is 1. The molecular weight excluding hydrogens is 264 g/mol. The van der Waals surface area contributed by atoms with E-state index in [0.717, 1.165) is 12.8 Å². The molecule has 0 heterocycles. The first-order valence-electron chi connectivity index (χ1n) is 6.32. The van der Waals surface area contributed by atoms with Gasteiger partial charge in [-0.25, -0.2) is 4.79 Å². The Balaban J connectivity index is 2.37. The Labute approximate surface area is 115 Å². The van der Waals surface area contributed by atoms with E-state index in [9.17, 15) is 20.0 Å². The van der Waals surface area contributed by atoms with Crippen LogP contribution in [0.5, 0.6) is 5.75 Å². The van der Waals surface area contributed by atoms with Crippen LogP contribution >= 0.6 is 0 Å². The lowest BCUT2D eigenvalue weighted by Gasteiger charge is -2.26. The Morgan fingerprint density at radius 2 is 2.10 bits per heavy atom. The highest BCUT2D eigenvalue weighted by molar-refractivity contribution is 5.84. The minimum atomic E-state index is -1.11. The number of nitro benzene ring substituents is 1. The second kappa shape index (κ2) is 5.36. The number of hydrogen-bond acceptors (Lipinski definition) is 5. The van der Waals surface area contributed by atoms with Crippen LogP contribution in [-0.4, -0.2) is 28.6 Å². The summed E-state index contributed by atoms with van der Waals surface area (Å²) in [6.45, 7) is 0. The lowest BCUT2D eigenvalue weighted by Crippen LogP contribution is -2.43. The van der Waals surface area contributed by atoms with Crippen molar-refractivity contribution in [2.24, 2.45) is 0 Å². The molecule has 108 valence electrons. The molecule has 1 saturated carbocycles. The zero-order valence-electron chi connectivity index (χ0n) is 11.1. The molecule has 0 amide bonds. The van der Waals surface area contributed by atoms with Crippen LogP contribution in [0.1, 0.15) is 25.7 Å². The fraction of sp³-hybridized carbons (Fsp3) is 0.462. The number of methoxy groups -OCH3 is 1. The molecule has 7 heteroatoms. The largest absolute Gasteiger partial charge is 0.496 e. The van der Waals surface area contributed by atoms with Crippen molar-refractivity contribution in [2.75, 3.05) is 12.4 Å². The van der Waals surface area contributed by atoms with Gasteiger partial charge in [0.15, 0.2) is 0 Å². The van der Waals surface area contributed by atoms with Crippen molar-refractivity contribution < 1.29 is 19.6 Å². The topological polar surface area (TPSA) is 102 Å². The lowest BCUT2D eigenvalue weighted by atomic mass is 9.97. The van der Waals surface area contributed by atoms with E-state index in [-0.39, 0.29) is 11.4 Å². The Bertz CT molecular complexity index is 538. The molecule has 1 fully saturated rings. The number of benzene rings is 1. The molecule has 0 unspecified atom stereocenters. The maximum Gasteiger partial charge on any atom is 0.329 e. The van der Waals surface area contributed by atoms with Crippen molar-refractivity contribution in [1.29, 1.82) is 0 Å². The fourth-order valence-corrected chi connectivity index (χ4v) is 2.52. The van der Waals surface area contributed by atoms with Crippen molar-refractivity contribution in [1.82, 2.24) is 0 Å². The molecule has 0 saturated heterocycles. The van der Waals surface area contributed by atoms with Crippen LogP contribution < -0.4 is 10.1 Å². The van der Waals surface area contributed by atoms with Crippen molar-refractivity contribution in [3.63, 3.8) is 0 Å². The first-order chi connectivity index (χ1) is 9.48. The molecule has 1 aromatic carbocycles. The molecule has 0 radical (unpaired) electrons. The predicted octanol–water partition coefficient (Wildman–Crippen LogP) is 2.41. The van der Waals surface area contributed by atoms with E-state index in [1.165, 1.54) is 19.2 Å². The van der Waals surface area contributed by atoms with Crippen LogP contribution in [0.4, 0.5) is 11.4 Å². The molecule has 20 heavy (non-hydrogen) atoms.